The minimum atomic E-state index is -0.0450. The molecule has 2 aromatic carbocycles. The molecule has 16 heavy (non-hydrogen) atoms. The van der Waals surface area contributed by atoms with Crippen LogP contribution in [0.25, 0.3) is 10.8 Å². The van der Waals surface area contributed by atoms with Crippen LogP contribution in [0.15, 0.2) is 36.4 Å². The predicted molar refractivity (Wildman–Crippen MR) is 73.1 cm³/mol. The van der Waals surface area contributed by atoms with Gasteiger partial charge < -0.3 is 10.4 Å². The molecule has 2 N–H and O–H groups in total. The first-order chi connectivity index (χ1) is 7.72. The Kier molecular flexibility index (Phi) is 3.28. The summed E-state index contributed by atoms with van der Waals surface area (Å²) in [6, 6.07) is 10.7. The van der Waals surface area contributed by atoms with Crippen molar-refractivity contribution in [3.8, 4) is 5.75 Å². The highest BCUT2D eigenvalue weighted by molar-refractivity contribution is 14.1. The molecule has 0 bridgehead atoms. The van der Waals surface area contributed by atoms with Gasteiger partial charge in [0, 0.05) is 16.5 Å². The van der Waals surface area contributed by atoms with Crippen molar-refractivity contribution >= 4 is 45.0 Å². The number of benzene rings is 2. The van der Waals surface area contributed by atoms with Gasteiger partial charge in [0.25, 0.3) is 0 Å². The van der Waals surface area contributed by atoms with Gasteiger partial charge in [-0.2, -0.15) is 0 Å². The molecule has 0 atom stereocenters. The first kappa shape index (κ1) is 11.2. The molecule has 2 aromatic rings. The lowest BCUT2D eigenvalue weighted by atomic mass is 10.1. The number of amides is 1. The Bertz CT molecular complexity index is 540. The van der Waals surface area contributed by atoms with Crippen LogP contribution in [0, 0.1) is 0 Å². The second-order valence-corrected chi connectivity index (χ2v) is 4.12. The van der Waals surface area contributed by atoms with E-state index in [1.807, 2.05) is 46.9 Å². The average molecular weight is 327 g/mol. The second-order valence-electron chi connectivity index (χ2n) is 3.36. The number of carbonyl (C=O) groups is 1. The Balaban J connectivity index is 2.54. The lowest BCUT2D eigenvalue weighted by Crippen LogP contribution is -2.12. The largest absolute Gasteiger partial charge is 0.507 e. The maximum atomic E-state index is 11.3. The first-order valence-electron chi connectivity index (χ1n) is 4.79. The minimum Gasteiger partial charge on any atom is -0.507 e. The third-order valence-electron chi connectivity index (χ3n) is 2.30. The summed E-state index contributed by atoms with van der Waals surface area (Å²) in [6.45, 7) is 0. The molecule has 4 heteroatoms. The molecule has 2 rings (SSSR count). The summed E-state index contributed by atoms with van der Waals surface area (Å²) in [4.78, 5) is 11.3. The van der Waals surface area contributed by atoms with Crippen molar-refractivity contribution < 1.29 is 9.90 Å². The van der Waals surface area contributed by atoms with Gasteiger partial charge >= 0.3 is 0 Å². The highest BCUT2D eigenvalue weighted by Crippen LogP contribution is 2.30. The Morgan fingerprint density at radius 1 is 1.19 bits per heavy atom. The second kappa shape index (κ2) is 4.69. The number of nitrogens with one attached hydrogen (secondary N) is 1. The summed E-state index contributed by atoms with van der Waals surface area (Å²) in [6.07, 6.45) is 0. The monoisotopic (exact) mass is 327 g/mol. The number of phenolic OH excluding ortho intramolecular Hbond substituents is 1. The van der Waals surface area contributed by atoms with Crippen LogP contribution in [0.1, 0.15) is 0 Å². The van der Waals surface area contributed by atoms with E-state index in [9.17, 15) is 9.90 Å². The van der Waals surface area contributed by atoms with Gasteiger partial charge in [-0.25, -0.2) is 0 Å². The Hall–Kier alpha value is -1.30. The number of phenols is 1. The zero-order chi connectivity index (χ0) is 11.5. The zero-order valence-electron chi connectivity index (χ0n) is 8.40. The van der Waals surface area contributed by atoms with Crippen LogP contribution in [0.5, 0.6) is 5.75 Å². The number of aromatic hydroxyl groups is 1. The smallest absolute Gasteiger partial charge is 0.234 e. The van der Waals surface area contributed by atoms with E-state index in [0.717, 1.165) is 16.5 Å². The van der Waals surface area contributed by atoms with Crippen LogP contribution in [-0.4, -0.2) is 15.4 Å². The third kappa shape index (κ3) is 2.11. The van der Waals surface area contributed by atoms with Crippen LogP contribution in [0.2, 0.25) is 0 Å². The molecule has 0 radical (unpaired) electrons. The van der Waals surface area contributed by atoms with Crippen molar-refractivity contribution in [1.29, 1.82) is 0 Å². The molecular formula is C12H10INO2. The van der Waals surface area contributed by atoms with E-state index in [2.05, 4.69) is 5.32 Å². The number of rotatable bonds is 2. The molecule has 0 aromatic heterocycles. The van der Waals surface area contributed by atoms with Crippen LogP contribution in [0.3, 0.4) is 0 Å². The molecule has 0 aliphatic rings. The molecule has 0 aliphatic carbocycles. The number of hydrogen-bond acceptors (Lipinski definition) is 2. The molecule has 0 fully saturated rings. The Labute approximate surface area is 107 Å². The molecule has 0 saturated carbocycles. The first-order valence-corrected chi connectivity index (χ1v) is 6.31. The SMILES string of the molecule is O=C(CI)Nc1ccc(O)c2ccccc12. The molecule has 0 unspecified atom stereocenters. The summed E-state index contributed by atoms with van der Waals surface area (Å²) < 4.78 is 0.410. The molecule has 0 heterocycles. The van der Waals surface area contributed by atoms with E-state index in [4.69, 9.17) is 0 Å². The normalized spacial score (nSPS) is 10.3. The number of hydrogen-bond donors (Lipinski definition) is 2. The molecule has 1 amide bonds. The number of alkyl halides is 1. The summed E-state index contributed by atoms with van der Waals surface area (Å²) in [7, 11) is 0. The minimum absolute atomic E-state index is 0.0450. The van der Waals surface area contributed by atoms with Gasteiger partial charge in [0.05, 0.1) is 4.43 Å². The fourth-order valence-corrected chi connectivity index (χ4v) is 1.77. The zero-order valence-corrected chi connectivity index (χ0v) is 10.6. The fourth-order valence-electron chi connectivity index (χ4n) is 1.58. The summed E-state index contributed by atoms with van der Waals surface area (Å²) in [5, 5.41) is 14.1. The lowest BCUT2D eigenvalue weighted by molar-refractivity contribution is -0.113. The van der Waals surface area contributed by atoms with E-state index in [1.54, 1.807) is 12.1 Å². The van der Waals surface area contributed by atoms with E-state index >= 15 is 0 Å². The van der Waals surface area contributed by atoms with E-state index in [0.29, 0.717) is 4.43 Å². The predicted octanol–water partition coefficient (Wildman–Crippen LogP) is 2.92. The van der Waals surface area contributed by atoms with Crippen LogP contribution in [0.4, 0.5) is 5.69 Å². The molecule has 0 aliphatic heterocycles. The average Bonchev–Trinajstić information content (AvgIpc) is 2.33. The maximum absolute atomic E-state index is 11.3. The standard InChI is InChI=1S/C12H10INO2/c13-7-12(16)14-10-5-6-11(15)9-4-2-1-3-8(9)10/h1-6,15H,7H2,(H,14,16). The highest BCUT2D eigenvalue weighted by Gasteiger charge is 2.06. The van der Waals surface area contributed by atoms with Crippen molar-refractivity contribution in [2.24, 2.45) is 0 Å². The molecule has 3 nitrogen and oxygen atoms in total. The summed E-state index contributed by atoms with van der Waals surface area (Å²) in [5.41, 5.74) is 0.732. The topological polar surface area (TPSA) is 49.3 Å². The Morgan fingerprint density at radius 3 is 2.56 bits per heavy atom. The molecule has 0 saturated heterocycles. The number of fused-ring (bicyclic) bond motifs is 1. The van der Waals surface area contributed by atoms with Gasteiger partial charge in [0.2, 0.25) is 5.91 Å². The van der Waals surface area contributed by atoms with Crippen molar-refractivity contribution in [2.75, 3.05) is 9.74 Å². The quantitative estimate of drug-likeness (QED) is 0.506. The van der Waals surface area contributed by atoms with Gasteiger partial charge in [-0.3, -0.25) is 4.79 Å². The van der Waals surface area contributed by atoms with Crippen molar-refractivity contribution in [3.63, 3.8) is 0 Å². The lowest BCUT2D eigenvalue weighted by Gasteiger charge is -2.08. The van der Waals surface area contributed by atoms with Gasteiger partial charge in [-0.05, 0) is 12.1 Å². The van der Waals surface area contributed by atoms with Gasteiger partial charge in [0.1, 0.15) is 5.75 Å². The number of halogens is 1. The van der Waals surface area contributed by atoms with Crippen LogP contribution in [-0.2, 0) is 4.79 Å². The molecular weight excluding hydrogens is 317 g/mol. The highest BCUT2D eigenvalue weighted by atomic mass is 127. The van der Waals surface area contributed by atoms with E-state index in [1.165, 1.54) is 0 Å². The van der Waals surface area contributed by atoms with Crippen molar-refractivity contribution in [3.05, 3.63) is 36.4 Å². The van der Waals surface area contributed by atoms with Gasteiger partial charge in [-0.1, -0.05) is 46.9 Å². The Morgan fingerprint density at radius 2 is 1.88 bits per heavy atom. The number of carbonyl (C=O) groups excluding carboxylic acids is 1. The van der Waals surface area contributed by atoms with E-state index < -0.39 is 0 Å². The molecule has 82 valence electrons. The third-order valence-corrected chi connectivity index (χ3v) is 2.99. The van der Waals surface area contributed by atoms with Crippen LogP contribution < -0.4 is 5.32 Å². The molecule has 0 spiro atoms. The fraction of sp³-hybridized carbons (Fsp3) is 0.0833. The van der Waals surface area contributed by atoms with Gasteiger partial charge in [-0.15, -0.1) is 0 Å². The van der Waals surface area contributed by atoms with Crippen LogP contribution >= 0.6 is 22.6 Å². The van der Waals surface area contributed by atoms with E-state index in [-0.39, 0.29) is 11.7 Å². The number of anilines is 1. The summed E-state index contributed by atoms with van der Waals surface area (Å²) >= 11 is 2.01. The summed E-state index contributed by atoms with van der Waals surface area (Å²) in [5.74, 6) is 0.180. The maximum Gasteiger partial charge on any atom is 0.234 e. The van der Waals surface area contributed by atoms with Gasteiger partial charge in [0.15, 0.2) is 0 Å². The van der Waals surface area contributed by atoms with Crippen molar-refractivity contribution in [1.82, 2.24) is 0 Å². The van der Waals surface area contributed by atoms with Crippen molar-refractivity contribution in [2.45, 2.75) is 0 Å².